The number of pyridine rings is 1. The van der Waals surface area contributed by atoms with Crippen LogP contribution in [0.5, 0.6) is 0 Å². The van der Waals surface area contributed by atoms with Gasteiger partial charge in [0.1, 0.15) is 23.0 Å². The Morgan fingerprint density at radius 1 is 1.15 bits per heavy atom. The summed E-state index contributed by atoms with van der Waals surface area (Å²) >= 11 is 0. The molecule has 0 radical (unpaired) electrons. The molecule has 1 amide bonds. The van der Waals surface area contributed by atoms with E-state index in [1.54, 1.807) is 11.3 Å². The minimum atomic E-state index is -4.76. The van der Waals surface area contributed by atoms with Gasteiger partial charge in [-0.05, 0) is 26.0 Å². The molecule has 12 heteroatoms. The summed E-state index contributed by atoms with van der Waals surface area (Å²) in [6.45, 7) is 2.99. The van der Waals surface area contributed by atoms with Gasteiger partial charge in [-0.15, -0.1) is 0 Å². The number of nitrogens with zero attached hydrogens (tertiary/aromatic N) is 5. The molecule has 0 fully saturated rings. The lowest BCUT2D eigenvalue weighted by atomic mass is 10.1. The molecule has 0 aliphatic heterocycles. The summed E-state index contributed by atoms with van der Waals surface area (Å²) < 4.78 is 69.4. The number of benzene rings is 1. The molecule has 4 aromatic rings. The number of alkyl halides is 3. The molecule has 2 N–H and O–H groups in total. The van der Waals surface area contributed by atoms with E-state index in [1.165, 1.54) is 25.5 Å². The van der Waals surface area contributed by atoms with Crippen molar-refractivity contribution in [2.75, 3.05) is 12.3 Å². The monoisotopic (exact) mass is 464 g/mol. The second kappa shape index (κ2) is 7.94. The van der Waals surface area contributed by atoms with Crippen molar-refractivity contribution in [2.24, 2.45) is 0 Å². The van der Waals surface area contributed by atoms with Gasteiger partial charge >= 0.3 is 6.18 Å². The summed E-state index contributed by atoms with van der Waals surface area (Å²) in [7, 11) is 0. The number of carbonyl (C=O) groups is 1. The third kappa shape index (κ3) is 3.81. The standard InChI is InChI=1S/C21H17F5N6O/c1-3-31(10(2)18-14(23)4-11(7-29-18)21(24,25)26)20(33)12-5-16-15(6-13(12)22)30-19(27)17-8-28-9-32(16)17/h4-10H,3H2,1-2H3,(H2,27,30)/t10-/m1/s1. The van der Waals surface area contributed by atoms with Gasteiger partial charge in [0.25, 0.3) is 5.91 Å². The van der Waals surface area contributed by atoms with Gasteiger partial charge in [-0.1, -0.05) is 0 Å². The molecule has 0 spiro atoms. The summed E-state index contributed by atoms with van der Waals surface area (Å²) in [6.07, 6.45) is -1.37. The van der Waals surface area contributed by atoms with Crippen LogP contribution >= 0.6 is 0 Å². The van der Waals surface area contributed by atoms with Crippen LogP contribution in [0.25, 0.3) is 16.6 Å². The van der Waals surface area contributed by atoms with Gasteiger partial charge in [0.15, 0.2) is 0 Å². The van der Waals surface area contributed by atoms with Crippen LogP contribution in [0.2, 0.25) is 0 Å². The van der Waals surface area contributed by atoms with Crippen molar-refractivity contribution in [3.8, 4) is 0 Å². The number of hydrogen-bond acceptors (Lipinski definition) is 5. The highest BCUT2D eigenvalue weighted by Crippen LogP contribution is 2.32. The first kappa shape index (κ1) is 22.4. The van der Waals surface area contributed by atoms with Crippen molar-refractivity contribution in [1.29, 1.82) is 0 Å². The number of fused-ring (bicyclic) bond motifs is 3. The van der Waals surface area contributed by atoms with Gasteiger partial charge in [-0.25, -0.2) is 18.7 Å². The van der Waals surface area contributed by atoms with Gasteiger partial charge in [0, 0.05) is 18.8 Å². The minimum absolute atomic E-state index is 0.0140. The highest BCUT2D eigenvalue weighted by atomic mass is 19.4. The number of rotatable bonds is 4. The zero-order chi connectivity index (χ0) is 24.1. The van der Waals surface area contributed by atoms with E-state index in [0.29, 0.717) is 23.3 Å². The molecule has 0 bridgehead atoms. The van der Waals surface area contributed by atoms with E-state index in [0.717, 1.165) is 11.0 Å². The number of imidazole rings is 1. The highest BCUT2D eigenvalue weighted by Gasteiger charge is 2.33. The maximum absolute atomic E-state index is 14.9. The van der Waals surface area contributed by atoms with Crippen molar-refractivity contribution in [3.63, 3.8) is 0 Å². The van der Waals surface area contributed by atoms with E-state index in [1.807, 2.05) is 0 Å². The first-order chi connectivity index (χ1) is 15.5. The summed E-state index contributed by atoms with van der Waals surface area (Å²) in [6, 6.07) is 1.57. The number of aromatic nitrogens is 4. The maximum Gasteiger partial charge on any atom is 0.417 e. The van der Waals surface area contributed by atoms with Crippen molar-refractivity contribution in [2.45, 2.75) is 26.1 Å². The first-order valence-corrected chi connectivity index (χ1v) is 9.77. The van der Waals surface area contributed by atoms with E-state index in [2.05, 4.69) is 15.0 Å². The molecule has 0 aliphatic carbocycles. The van der Waals surface area contributed by atoms with E-state index in [-0.39, 0.29) is 29.1 Å². The molecule has 33 heavy (non-hydrogen) atoms. The molecule has 1 atom stereocenters. The maximum atomic E-state index is 14.9. The molecular formula is C21H17F5N6O. The van der Waals surface area contributed by atoms with Crippen LogP contribution in [0.15, 0.2) is 36.9 Å². The van der Waals surface area contributed by atoms with Crippen molar-refractivity contribution < 1.29 is 26.7 Å². The first-order valence-electron chi connectivity index (χ1n) is 9.77. The van der Waals surface area contributed by atoms with E-state index in [9.17, 15) is 26.7 Å². The Morgan fingerprint density at radius 2 is 1.88 bits per heavy atom. The van der Waals surface area contributed by atoms with Crippen LogP contribution in [0.4, 0.5) is 27.8 Å². The smallest absolute Gasteiger partial charge is 0.382 e. The summed E-state index contributed by atoms with van der Waals surface area (Å²) in [5, 5.41) is 0. The largest absolute Gasteiger partial charge is 0.417 e. The van der Waals surface area contributed by atoms with Crippen LogP contribution in [0.3, 0.4) is 0 Å². The van der Waals surface area contributed by atoms with Gasteiger partial charge in [-0.3, -0.25) is 14.2 Å². The van der Waals surface area contributed by atoms with E-state index < -0.39 is 35.3 Å². The number of halogens is 5. The Hall–Kier alpha value is -3.83. The predicted molar refractivity (Wildman–Crippen MR) is 109 cm³/mol. The topological polar surface area (TPSA) is 89.4 Å². The Labute approximate surface area is 183 Å². The molecule has 4 rings (SSSR count). The Morgan fingerprint density at radius 3 is 2.52 bits per heavy atom. The van der Waals surface area contributed by atoms with Gasteiger partial charge in [0.2, 0.25) is 0 Å². The molecule has 172 valence electrons. The molecular weight excluding hydrogens is 447 g/mol. The second-order valence-corrected chi connectivity index (χ2v) is 7.32. The molecule has 0 saturated carbocycles. The summed E-state index contributed by atoms with van der Waals surface area (Å²) in [5.41, 5.74) is 4.93. The molecule has 0 saturated heterocycles. The second-order valence-electron chi connectivity index (χ2n) is 7.32. The Balaban J connectivity index is 1.76. The lowest BCUT2D eigenvalue weighted by molar-refractivity contribution is -0.138. The zero-order valence-corrected chi connectivity index (χ0v) is 17.4. The van der Waals surface area contributed by atoms with Crippen LogP contribution in [0, 0.1) is 11.6 Å². The fourth-order valence-corrected chi connectivity index (χ4v) is 3.67. The predicted octanol–water partition coefficient (Wildman–Crippen LogP) is 4.38. The lowest BCUT2D eigenvalue weighted by Gasteiger charge is -2.28. The van der Waals surface area contributed by atoms with Gasteiger partial charge in [-0.2, -0.15) is 13.2 Å². The molecule has 7 nitrogen and oxygen atoms in total. The number of anilines is 1. The number of carbonyl (C=O) groups excluding carboxylic acids is 1. The van der Waals surface area contributed by atoms with E-state index in [4.69, 9.17) is 5.73 Å². The SMILES string of the molecule is CCN(C(=O)c1cc2c(cc1F)nc(N)c1cncn12)[C@H](C)c1ncc(C(F)(F)F)cc1F. The Kier molecular flexibility index (Phi) is 5.38. The van der Waals surface area contributed by atoms with Gasteiger partial charge < -0.3 is 10.6 Å². The summed E-state index contributed by atoms with van der Waals surface area (Å²) in [4.78, 5) is 26.0. The number of nitrogen functional groups attached to an aromatic ring is 1. The molecule has 3 aromatic heterocycles. The highest BCUT2D eigenvalue weighted by molar-refractivity contribution is 5.98. The fourth-order valence-electron chi connectivity index (χ4n) is 3.67. The lowest BCUT2D eigenvalue weighted by Crippen LogP contribution is -2.35. The van der Waals surface area contributed by atoms with Crippen molar-refractivity contribution in [3.05, 3.63) is 65.4 Å². The third-order valence-corrected chi connectivity index (χ3v) is 5.36. The molecule has 1 aromatic carbocycles. The van der Waals surface area contributed by atoms with Crippen LogP contribution < -0.4 is 5.73 Å². The summed E-state index contributed by atoms with van der Waals surface area (Å²) in [5.74, 6) is -2.77. The third-order valence-electron chi connectivity index (χ3n) is 5.36. The molecule has 0 aliphatic rings. The van der Waals surface area contributed by atoms with E-state index >= 15 is 0 Å². The van der Waals surface area contributed by atoms with Crippen LogP contribution in [-0.2, 0) is 6.18 Å². The number of hydrogen-bond donors (Lipinski definition) is 1. The van der Waals surface area contributed by atoms with Crippen LogP contribution in [0.1, 0.15) is 41.5 Å². The average Bonchev–Trinajstić information content (AvgIpc) is 3.24. The minimum Gasteiger partial charge on any atom is -0.382 e. The molecule has 3 heterocycles. The number of amides is 1. The Bertz CT molecular complexity index is 1380. The normalized spacial score (nSPS) is 12.9. The average molecular weight is 464 g/mol. The molecule has 0 unspecified atom stereocenters. The zero-order valence-electron chi connectivity index (χ0n) is 17.4. The number of nitrogens with two attached hydrogens (primary N) is 1. The quantitative estimate of drug-likeness (QED) is 0.453. The fraction of sp³-hybridized carbons (Fsp3) is 0.238. The van der Waals surface area contributed by atoms with Crippen LogP contribution in [-0.4, -0.2) is 36.7 Å². The van der Waals surface area contributed by atoms with Gasteiger partial charge in [0.05, 0.1) is 46.4 Å². The van der Waals surface area contributed by atoms with Crippen molar-refractivity contribution in [1.82, 2.24) is 24.3 Å². The van der Waals surface area contributed by atoms with Crippen molar-refractivity contribution >= 4 is 28.3 Å².